The maximum Gasteiger partial charge on any atom is 0.244 e. The number of sulfonamides is 1. The van der Waals surface area contributed by atoms with E-state index < -0.39 is 27.7 Å². The first-order valence-electron chi connectivity index (χ1n) is 14.5. The predicted octanol–water partition coefficient (Wildman–Crippen LogP) is 4.66. The van der Waals surface area contributed by atoms with Crippen molar-refractivity contribution < 1.29 is 26.5 Å². The standard InChI is InChI=1S/C31H32F2N6O4S/c1-20-13-27(36-43-20)30(42-2)31-15-21-16-35-39(25-5-3-23(32)4-6-25)28(21)14-22(31)9-12-38(19-31)44(40,41)26-7-8-29(34-17-26)37-11-10-24(33)18-37/h3-8,13-14,16-17,24,30H,9-12,15,18-19H2,1-2H3/t24-,30?,31+/m1/s1. The molecule has 44 heavy (non-hydrogen) atoms. The Labute approximate surface area is 254 Å². The monoisotopic (exact) mass is 622 g/mol. The second kappa shape index (κ2) is 10.9. The van der Waals surface area contributed by atoms with E-state index >= 15 is 0 Å². The van der Waals surface area contributed by atoms with Crippen molar-refractivity contribution in [2.24, 2.45) is 5.41 Å². The van der Waals surface area contributed by atoms with Crippen molar-refractivity contribution in [2.75, 3.05) is 38.2 Å². The highest BCUT2D eigenvalue weighted by molar-refractivity contribution is 7.89. The third-order valence-corrected chi connectivity index (χ3v) is 10.8. The molecule has 0 N–H and O–H groups in total. The fraction of sp³-hybridized carbons (Fsp3) is 0.387. The molecule has 13 heteroatoms. The summed E-state index contributed by atoms with van der Waals surface area (Å²) in [6.07, 6.45) is 4.97. The number of benzene rings is 1. The Bertz CT molecular complexity index is 1820. The van der Waals surface area contributed by atoms with Gasteiger partial charge in [-0.25, -0.2) is 26.9 Å². The van der Waals surface area contributed by atoms with Crippen LogP contribution in [-0.2, 0) is 21.2 Å². The number of aromatic nitrogens is 4. The molecular formula is C31H32F2N6O4S. The molecule has 0 radical (unpaired) electrons. The molecule has 7 rings (SSSR count). The van der Waals surface area contributed by atoms with Crippen molar-refractivity contribution in [3.63, 3.8) is 0 Å². The molecule has 10 nitrogen and oxygen atoms in total. The molecule has 230 valence electrons. The average Bonchev–Trinajstić information content (AvgIpc) is 3.76. The van der Waals surface area contributed by atoms with Crippen LogP contribution in [0.4, 0.5) is 14.6 Å². The fourth-order valence-corrected chi connectivity index (χ4v) is 8.28. The number of pyridine rings is 1. The zero-order valence-electron chi connectivity index (χ0n) is 24.4. The van der Waals surface area contributed by atoms with Gasteiger partial charge in [-0.1, -0.05) is 10.7 Å². The number of fused-ring (bicyclic) bond motifs is 2. The molecule has 3 aromatic heterocycles. The van der Waals surface area contributed by atoms with Gasteiger partial charge in [0.15, 0.2) is 0 Å². The second-order valence-corrected chi connectivity index (χ2v) is 13.6. The Morgan fingerprint density at radius 3 is 2.61 bits per heavy atom. The summed E-state index contributed by atoms with van der Waals surface area (Å²) >= 11 is 0. The fourth-order valence-electron chi connectivity index (χ4n) is 6.82. The molecule has 3 aliphatic rings. The topological polar surface area (TPSA) is 107 Å². The number of alkyl halides is 1. The zero-order valence-corrected chi connectivity index (χ0v) is 25.2. The van der Waals surface area contributed by atoms with Crippen LogP contribution in [0, 0.1) is 18.2 Å². The van der Waals surface area contributed by atoms with Crippen molar-refractivity contribution in [1.29, 1.82) is 0 Å². The van der Waals surface area contributed by atoms with Crippen molar-refractivity contribution in [2.45, 2.75) is 43.4 Å². The van der Waals surface area contributed by atoms with Gasteiger partial charge in [-0.05, 0) is 74.2 Å². The lowest BCUT2D eigenvalue weighted by atomic mass is 9.64. The highest BCUT2D eigenvalue weighted by atomic mass is 32.2. The molecule has 2 fully saturated rings. The van der Waals surface area contributed by atoms with Crippen LogP contribution in [0.5, 0.6) is 0 Å². The second-order valence-electron chi connectivity index (χ2n) is 11.7. The molecule has 0 saturated carbocycles. The molecule has 2 aliphatic heterocycles. The third kappa shape index (κ3) is 4.83. The summed E-state index contributed by atoms with van der Waals surface area (Å²) in [6.45, 7) is 2.98. The van der Waals surface area contributed by atoms with E-state index in [0.717, 1.165) is 22.5 Å². The number of ether oxygens (including phenoxy) is 1. The van der Waals surface area contributed by atoms with Gasteiger partial charge in [0.05, 0.1) is 24.1 Å². The van der Waals surface area contributed by atoms with Crippen LogP contribution in [-0.4, -0.2) is 72.1 Å². The first kappa shape index (κ1) is 28.8. The first-order valence-corrected chi connectivity index (χ1v) is 16.0. The van der Waals surface area contributed by atoms with Gasteiger partial charge >= 0.3 is 0 Å². The maximum absolute atomic E-state index is 14.1. The predicted molar refractivity (Wildman–Crippen MR) is 158 cm³/mol. The molecule has 1 unspecified atom stereocenters. The average molecular weight is 623 g/mol. The Balaban J connectivity index is 1.26. The van der Waals surface area contributed by atoms with Gasteiger partial charge in [0.25, 0.3) is 0 Å². The Hall–Kier alpha value is -3.94. The number of halogens is 2. The first-order chi connectivity index (χ1) is 21.2. The molecule has 1 aliphatic carbocycles. The molecule has 2 saturated heterocycles. The molecule has 0 spiro atoms. The zero-order chi connectivity index (χ0) is 30.6. The number of hydrogen-bond acceptors (Lipinski definition) is 8. The van der Waals surface area contributed by atoms with E-state index in [0.29, 0.717) is 43.1 Å². The van der Waals surface area contributed by atoms with Crippen molar-refractivity contribution in [1.82, 2.24) is 24.2 Å². The van der Waals surface area contributed by atoms with Crippen molar-refractivity contribution >= 4 is 21.9 Å². The van der Waals surface area contributed by atoms with Crippen LogP contribution in [0.15, 0.2) is 69.8 Å². The highest BCUT2D eigenvalue weighted by Crippen LogP contribution is 2.53. The van der Waals surface area contributed by atoms with Gasteiger partial charge in [-0.15, -0.1) is 0 Å². The summed E-state index contributed by atoms with van der Waals surface area (Å²) in [5.74, 6) is 0.845. The maximum atomic E-state index is 14.1. The van der Waals surface area contributed by atoms with Gasteiger partial charge in [-0.3, -0.25) is 0 Å². The van der Waals surface area contributed by atoms with Gasteiger partial charge in [0, 0.05) is 44.4 Å². The third-order valence-electron chi connectivity index (χ3n) is 8.97. The van der Waals surface area contributed by atoms with E-state index in [1.165, 1.54) is 22.6 Å². The Morgan fingerprint density at radius 2 is 1.95 bits per heavy atom. The lowest BCUT2D eigenvalue weighted by Gasteiger charge is -2.49. The summed E-state index contributed by atoms with van der Waals surface area (Å²) in [6, 6.07) is 11.1. The summed E-state index contributed by atoms with van der Waals surface area (Å²) in [7, 11) is -2.35. The largest absolute Gasteiger partial charge is 0.374 e. The molecular weight excluding hydrogens is 590 g/mol. The number of piperidine rings is 1. The molecule has 4 aromatic rings. The molecule has 3 atom stereocenters. The van der Waals surface area contributed by atoms with Gasteiger partial charge in [0.1, 0.15) is 40.3 Å². The SMILES string of the molecule is COC(c1cc(C)on1)[C@]12Cc3cnn(-c4ccc(F)cc4)c3C=C1CCN(S(=O)(=O)c1ccc(N3CC[C@@H](F)C3)nc1)C2. The minimum Gasteiger partial charge on any atom is -0.374 e. The molecule has 5 heterocycles. The van der Waals surface area contributed by atoms with E-state index in [2.05, 4.69) is 21.3 Å². The van der Waals surface area contributed by atoms with E-state index in [9.17, 15) is 17.2 Å². The summed E-state index contributed by atoms with van der Waals surface area (Å²) in [4.78, 5) is 6.28. The van der Waals surface area contributed by atoms with Crippen molar-refractivity contribution in [3.8, 4) is 5.69 Å². The highest BCUT2D eigenvalue weighted by Gasteiger charge is 2.52. The molecule has 1 aromatic carbocycles. The number of methoxy groups -OCH3 is 1. The summed E-state index contributed by atoms with van der Waals surface area (Å²) in [5, 5.41) is 8.89. The van der Waals surface area contributed by atoms with Crippen molar-refractivity contribution in [3.05, 3.63) is 89.0 Å². The summed E-state index contributed by atoms with van der Waals surface area (Å²) in [5.41, 5.74) is 3.26. The van der Waals surface area contributed by atoms with Crippen LogP contribution in [0.25, 0.3) is 11.8 Å². The minimum absolute atomic E-state index is 0.0756. The van der Waals surface area contributed by atoms with Crippen LogP contribution < -0.4 is 4.90 Å². The van der Waals surface area contributed by atoms with E-state index in [1.54, 1.807) is 49.2 Å². The molecule has 0 bridgehead atoms. The lowest BCUT2D eigenvalue weighted by Crippen LogP contribution is -2.52. The van der Waals surface area contributed by atoms with Crippen LogP contribution in [0.1, 0.15) is 41.7 Å². The number of rotatable bonds is 7. The normalized spacial score (nSPS) is 22.9. The smallest absolute Gasteiger partial charge is 0.244 e. The van der Waals surface area contributed by atoms with Crippen LogP contribution in [0.3, 0.4) is 0 Å². The minimum atomic E-state index is -3.94. The van der Waals surface area contributed by atoms with Gasteiger partial charge in [0.2, 0.25) is 10.0 Å². The Morgan fingerprint density at radius 1 is 1.14 bits per heavy atom. The van der Waals surface area contributed by atoms with E-state index in [4.69, 9.17) is 9.26 Å². The lowest BCUT2D eigenvalue weighted by molar-refractivity contribution is -0.0184. The number of aryl methyl sites for hydroxylation is 1. The van der Waals surface area contributed by atoms with Gasteiger partial charge in [-0.2, -0.15) is 9.40 Å². The summed E-state index contributed by atoms with van der Waals surface area (Å²) < 4.78 is 70.3. The number of nitrogens with zero attached hydrogens (tertiary/aromatic N) is 6. The van der Waals surface area contributed by atoms with Gasteiger partial charge < -0.3 is 14.2 Å². The van der Waals surface area contributed by atoms with Crippen LogP contribution in [0.2, 0.25) is 0 Å². The molecule has 0 amide bonds. The number of hydrogen-bond donors (Lipinski definition) is 0. The Kier molecular flexibility index (Phi) is 7.13. The van der Waals surface area contributed by atoms with Crippen LogP contribution >= 0.6 is 0 Å². The number of anilines is 1. The quantitative estimate of drug-likeness (QED) is 0.293. The van der Waals surface area contributed by atoms with E-state index in [-0.39, 0.29) is 30.3 Å². The van der Waals surface area contributed by atoms with E-state index in [1.807, 2.05) is 11.0 Å².